The molecule has 176 valence electrons. The second-order valence-electron chi connectivity index (χ2n) is 8.44. The maximum Gasteiger partial charge on any atom is 0.327 e. The minimum absolute atomic E-state index is 0.0661. The Bertz CT molecular complexity index is 1070. The summed E-state index contributed by atoms with van der Waals surface area (Å²) in [6.07, 6.45) is 0. The van der Waals surface area contributed by atoms with Gasteiger partial charge in [0.2, 0.25) is 17.4 Å². The Morgan fingerprint density at radius 2 is 1.52 bits per heavy atom. The van der Waals surface area contributed by atoms with Gasteiger partial charge in [-0.25, -0.2) is 4.79 Å². The van der Waals surface area contributed by atoms with Crippen molar-refractivity contribution in [2.24, 2.45) is 0 Å². The van der Waals surface area contributed by atoms with E-state index in [0.29, 0.717) is 0 Å². The Morgan fingerprint density at radius 1 is 1.00 bits per heavy atom. The molecule has 0 radical (unpaired) electrons. The van der Waals surface area contributed by atoms with E-state index in [1.165, 1.54) is 32.0 Å². The van der Waals surface area contributed by atoms with E-state index in [0.717, 1.165) is 23.6 Å². The molecule has 11 nitrogen and oxygen atoms in total. The number of anilines is 2. The summed E-state index contributed by atoms with van der Waals surface area (Å²) < 4.78 is -0.913. The first-order valence-corrected chi connectivity index (χ1v) is 10.9. The highest BCUT2D eigenvalue weighted by molar-refractivity contribution is 8.01. The van der Waals surface area contributed by atoms with E-state index in [-0.39, 0.29) is 16.9 Å². The summed E-state index contributed by atoms with van der Waals surface area (Å²) >= 11 is 1.11. The van der Waals surface area contributed by atoms with Crippen molar-refractivity contribution in [3.8, 4) is 0 Å². The molecule has 0 spiro atoms. The van der Waals surface area contributed by atoms with Gasteiger partial charge in [-0.1, -0.05) is 6.07 Å². The number of fused-ring (bicyclic) bond motifs is 1. The molecule has 2 aliphatic heterocycles. The molecule has 2 fully saturated rings. The van der Waals surface area contributed by atoms with Crippen molar-refractivity contribution in [3.05, 3.63) is 23.8 Å². The molecule has 0 aliphatic carbocycles. The molecule has 3 atom stereocenters. The number of amides is 4. The third kappa shape index (κ3) is 3.84. The average molecular weight is 477 g/mol. The van der Waals surface area contributed by atoms with Gasteiger partial charge in [0.05, 0.1) is 16.9 Å². The Hall–Kier alpha value is -3.41. The molecule has 4 N–H and O–H groups in total. The topological polar surface area (TPSA) is 162 Å². The number of nitrogens with one attached hydrogen (secondary N) is 3. The van der Waals surface area contributed by atoms with Crippen molar-refractivity contribution < 1.29 is 33.9 Å². The van der Waals surface area contributed by atoms with Crippen LogP contribution in [0.25, 0.3) is 0 Å². The summed E-state index contributed by atoms with van der Waals surface area (Å²) in [7, 11) is 0. The fourth-order valence-electron chi connectivity index (χ4n) is 4.21. The summed E-state index contributed by atoms with van der Waals surface area (Å²) in [6, 6.07) is 3.21. The van der Waals surface area contributed by atoms with Crippen molar-refractivity contribution in [2.75, 3.05) is 10.6 Å². The molecule has 12 heteroatoms. The summed E-state index contributed by atoms with van der Waals surface area (Å²) in [5.41, 5.74) is -2.00. The fourth-order valence-corrected chi connectivity index (χ4v) is 5.97. The van der Waals surface area contributed by atoms with Crippen LogP contribution in [0, 0.1) is 0 Å². The highest BCUT2D eigenvalue weighted by atomic mass is 32.2. The standard InChI is InChI=1S/C21H24N4O7S/c1-9(26)21(18(32)25-15(17(30)31)20(4,5)33-19(21)25)24-16(29)14-12(22-10(2)27)7-6-8-13(14)23-11(3)28/h6-8,15,19H,1-5H3,(H,22,27)(H,23,28)(H,24,29)(H,30,31)/t15-,19+,21-/m0/s1. The molecule has 33 heavy (non-hydrogen) atoms. The second kappa shape index (κ2) is 8.18. The normalized spacial score (nSPS) is 24.9. The van der Waals surface area contributed by atoms with Gasteiger partial charge in [0.25, 0.3) is 11.8 Å². The van der Waals surface area contributed by atoms with Crippen LogP contribution in [0.4, 0.5) is 11.4 Å². The van der Waals surface area contributed by atoms with Gasteiger partial charge < -0.3 is 26.0 Å². The van der Waals surface area contributed by atoms with Gasteiger partial charge >= 0.3 is 5.97 Å². The minimum atomic E-state index is -1.99. The van der Waals surface area contributed by atoms with Gasteiger partial charge in [0.15, 0.2) is 5.78 Å². The molecule has 1 aromatic rings. The molecule has 2 aliphatic rings. The van der Waals surface area contributed by atoms with Crippen LogP contribution < -0.4 is 16.0 Å². The molecular weight excluding hydrogens is 452 g/mol. The van der Waals surface area contributed by atoms with Gasteiger partial charge in [-0.05, 0) is 32.9 Å². The Balaban J connectivity index is 2.05. The molecule has 3 rings (SSSR count). The van der Waals surface area contributed by atoms with Crippen LogP contribution in [0.3, 0.4) is 0 Å². The van der Waals surface area contributed by atoms with Gasteiger partial charge in [0.1, 0.15) is 11.4 Å². The lowest BCUT2D eigenvalue weighted by molar-refractivity contribution is -0.170. The van der Waals surface area contributed by atoms with E-state index in [1.807, 2.05) is 0 Å². The molecule has 2 heterocycles. The third-order valence-electron chi connectivity index (χ3n) is 5.56. The number of Topliss-reactive ketones (excluding diaryl/α,β-unsaturated/α-hetero) is 1. The largest absolute Gasteiger partial charge is 0.480 e. The molecule has 0 aromatic heterocycles. The lowest BCUT2D eigenvalue weighted by atomic mass is 9.81. The third-order valence-corrected chi connectivity index (χ3v) is 7.19. The molecule has 0 unspecified atom stereocenters. The van der Waals surface area contributed by atoms with Crippen LogP contribution in [0.2, 0.25) is 0 Å². The summed E-state index contributed by atoms with van der Waals surface area (Å²) in [4.78, 5) is 75.5. The number of aliphatic carboxylic acids is 1. The van der Waals surface area contributed by atoms with Crippen LogP contribution >= 0.6 is 11.8 Å². The number of nitrogens with zero attached hydrogens (tertiary/aromatic N) is 1. The highest BCUT2D eigenvalue weighted by Crippen LogP contribution is 2.55. The minimum Gasteiger partial charge on any atom is -0.480 e. The van der Waals surface area contributed by atoms with Crippen molar-refractivity contribution >= 4 is 58.5 Å². The fraction of sp³-hybridized carbons (Fsp3) is 0.429. The monoisotopic (exact) mass is 476 g/mol. The van der Waals surface area contributed by atoms with Gasteiger partial charge in [0, 0.05) is 18.6 Å². The van der Waals surface area contributed by atoms with Gasteiger partial charge in [-0.2, -0.15) is 0 Å². The van der Waals surface area contributed by atoms with Crippen LogP contribution in [-0.2, 0) is 24.0 Å². The van der Waals surface area contributed by atoms with Crippen molar-refractivity contribution in [1.29, 1.82) is 0 Å². The van der Waals surface area contributed by atoms with Gasteiger partial charge in [-0.15, -0.1) is 11.8 Å². The van der Waals surface area contributed by atoms with E-state index in [2.05, 4.69) is 16.0 Å². The number of β-lactam (4-membered cyclic amide) rings is 1. The van der Waals surface area contributed by atoms with Crippen molar-refractivity contribution in [1.82, 2.24) is 10.2 Å². The Kier molecular flexibility index (Phi) is 6.01. The number of carbonyl (C=O) groups excluding carboxylic acids is 5. The molecule has 4 amide bonds. The molecule has 1 aromatic carbocycles. The van der Waals surface area contributed by atoms with Crippen LogP contribution in [0.15, 0.2) is 18.2 Å². The van der Waals surface area contributed by atoms with E-state index in [9.17, 15) is 33.9 Å². The van der Waals surface area contributed by atoms with Crippen LogP contribution in [-0.4, -0.2) is 67.1 Å². The van der Waals surface area contributed by atoms with Crippen molar-refractivity contribution in [2.45, 2.75) is 56.3 Å². The smallest absolute Gasteiger partial charge is 0.327 e. The van der Waals surface area contributed by atoms with Crippen LogP contribution in [0.5, 0.6) is 0 Å². The van der Waals surface area contributed by atoms with E-state index < -0.39 is 57.1 Å². The van der Waals surface area contributed by atoms with E-state index in [4.69, 9.17) is 0 Å². The number of rotatable bonds is 6. The number of hydrogen-bond acceptors (Lipinski definition) is 7. The molecule has 0 bridgehead atoms. The zero-order valence-corrected chi connectivity index (χ0v) is 19.5. The Morgan fingerprint density at radius 3 is 1.94 bits per heavy atom. The number of thioether (sulfide) groups is 1. The summed E-state index contributed by atoms with van der Waals surface area (Å²) in [6.45, 7) is 6.91. The average Bonchev–Trinajstić information content (AvgIpc) is 2.93. The van der Waals surface area contributed by atoms with Gasteiger partial charge in [-0.3, -0.25) is 24.0 Å². The summed E-state index contributed by atoms with van der Waals surface area (Å²) in [5, 5.41) is 16.2. The molecular formula is C21H24N4O7S. The Labute approximate surface area is 193 Å². The quantitative estimate of drug-likeness (QED) is 0.346. The number of carboxylic acid groups (broad SMARTS) is 1. The number of benzene rings is 1. The molecule has 2 saturated heterocycles. The van der Waals surface area contributed by atoms with Crippen molar-refractivity contribution in [3.63, 3.8) is 0 Å². The number of carboxylic acids is 1. The maximum atomic E-state index is 13.4. The molecule has 0 saturated carbocycles. The predicted molar refractivity (Wildman–Crippen MR) is 120 cm³/mol. The number of ketones is 1. The maximum absolute atomic E-state index is 13.4. The second-order valence-corrected chi connectivity index (χ2v) is 10.2. The SMILES string of the molecule is CC(=O)Nc1cccc(NC(C)=O)c1C(=O)N[C@@]1(C(C)=O)C(=O)N2[C@@H](C(=O)O)C(C)(C)S[C@@H]21. The lowest BCUT2D eigenvalue weighted by Gasteiger charge is -2.51. The first-order chi connectivity index (χ1) is 15.2. The first-order valence-electron chi connectivity index (χ1n) is 9.99. The lowest BCUT2D eigenvalue weighted by Crippen LogP contribution is -2.82. The van der Waals surface area contributed by atoms with E-state index >= 15 is 0 Å². The predicted octanol–water partition coefficient (Wildman–Crippen LogP) is 0.808. The van der Waals surface area contributed by atoms with Crippen LogP contribution in [0.1, 0.15) is 45.0 Å². The number of carbonyl (C=O) groups is 6. The number of hydrogen-bond donors (Lipinski definition) is 4. The zero-order chi connectivity index (χ0) is 24.9. The highest BCUT2D eigenvalue weighted by Gasteiger charge is 2.74. The zero-order valence-electron chi connectivity index (χ0n) is 18.6. The van der Waals surface area contributed by atoms with E-state index in [1.54, 1.807) is 13.8 Å². The first kappa shape index (κ1) is 24.2. The summed E-state index contributed by atoms with van der Waals surface area (Å²) in [5.74, 6) is -4.53.